The van der Waals surface area contributed by atoms with Crippen LogP contribution in [0, 0.1) is 0 Å². The first-order valence-electron chi connectivity index (χ1n) is 6.83. The molecule has 1 rings (SSSR count). The Balaban J connectivity index is 2.43. The summed E-state index contributed by atoms with van der Waals surface area (Å²) < 4.78 is 0. The lowest BCUT2D eigenvalue weighted by Crippen LogP contribution is -2.23. The van der Waals surface area contributed by atoms with E-state index < -0.39 is 0 Å². The van der Waals surface area contributed by atoms with Crippen LogP contribution in [0.25, 0.3) is 0 Å². The van der Waals surface area contributed by atoms with Gasteiger partial charge in [-0.15, -0.1) is 0 Å². The second kappa shape index (κ2) is 9.04. The minimum atomic E-state index is -0.00821. The van der Waals surface area contributed by atoms with Gasteiger partial charge in [-0.2, -0.15) is 0 Å². The molecule has 0 aromatic carbocycles. The molecular weight excluding hydrogens is 250 g/mol. The fourth-order valence-corrected chi connectivity index (χ4v) is 1.76. The van der Waals surface area contributed by atoms with Crippen molar-refractivity contribution in [2.24, 2.45) is 0 Å². The summed E-state index contributed by atoms with van der Waals surface area (Å²) in [6, 6.07) is 5.97. The van der Waals surface area contributed by atoms with Crippen LogP contribution in [0.5, 0.6) is 0 Å². The molecule has 4 nitrogen and oxygen atoms in total. The van der Waals surface area contributed by atoms with E-state index in [1.54, 1.807) is 0 Å². The van der Waals surface area contributed by atoms with Crippen molar-refractivity contribution in [2.45, 2.75) is 26.8 Å². The largest absolute Gasteiger partial charge is 0.356 e. The van der Waals surface area contributed by atoms with E-state index in [-0.39, 0.29) is 5.91 Å². The highest BCUT2D eigenvalue weighted by molar-refractivity contribution is 5.72. The van der Waals surface area contributed by atoms with Crippen LogP contribution in [0.4, 0.5) is 0 Å². The predicted octanol–water partition coefficient (Wildman–Crippen LogP) is 1.98. The second-order valence-corrected chi connectivity index (χ2v) is 4.52. The molecule has 0 fully saturated rings. The number of nitrogens with one attached hydrogen (secondary N) is 2. The summed E-state index contributed by atoms with van der Waals surface area (Å²) in [5, 5.41) is 6.11. The zero-order valence-corrected chi connectivity index (χ0v) is 12.3. The van der Waals surface area contributed by atoms with Gasteiger partial charge < -0.3 is 10.6 Å². The molecule has 0 radical (unpaired) electrons. The molecule has 1 aromatic heterocycles. The molecule has 20 heavy (non-hydrogen) atoms. The normalized spacial score (nSPS) is 11.2. The maximum Gasteiger partial charge on any atom is 0.216 e. The van der Waals surface area contributed by atoms with Crippen molar-refractivity contribution in [3.8, 4) is 0 Å². The van der Waals surface area contributed by atoms with E-state index in [9.17, 15) is 4.79 Å². The monoisotopic (exact) mass is 273 g/mol. The fourth-order valence-electron chi connectivity index (χ4n) is 1.76. The van der Waals surface area contributed by atoms with Crippen molar-refractivity contribution in [3.63, 3.8) is 0 Å². The third-order valence-corrected chi connectivity index (χ3v) is 2.89. The third-order valence-electron chi connectivity index (χ3n) is 2.89. The van der Waals surface area contributed by atoms with Gasteiger partial charge in [0.1, 0.15) is 0 Å². The summed E-state index contributed by atoms with van der Waals surface area (Å²) in [5.41, 5.74) is 3.17. The number of allylic oxidation sites excluding steroid dienone is 1. The number of aromatic nitrogens is 1. The Labute approximate surface area is 121 Å². The van der Waals surface area contributed by atoms with Crippen LogP contribution >= 0.6 is 0 Å². The number of carbonyl (C=O) groups is 1. The SMILES string of the molecule is C=CC(=CC)CNCc1cccc(CCNC(C)=O)n1. The predicted molar refractivity (Wildman–Crippen MR) is 82.3 cm³/mol. The Morgan fingerprint density at radius 3 is 2.80 bits per heavy atom. The van der Waals surface area contributed by atoms with E-state index in [1.807, 2.05) is 37.3 Å². The van der Waals surface area contributed by atoms with Crippen LogP contribution in [0.15, 0.2) is 42.5 Å². The first-order chi connectivity index (χ1) is 9.65. The summed E-state index contributed by atoms with van der Waals surface area (Å²) in [6.45, 7) is 9.42. The van der Waals surface area contributed by atoms with Gasteiger partial charge >= 0.3 is 0 Å². The van der Waals surface area contributed by atoms with Gasteiger partial charge in [-0.05, 0) is 24.6 Å². The second-order valence-electron chi connectivity index (χ2n) is 4.52. The highest BCUT2D eigenvalue weighted by Crippen LogP contribution is 2.01. The maximum atomic E-state index is 10.8. The zero-order chi connectivity index (χ0) is 14.8. The van der Waals surface area contributed by atoms with Crippen LogP contribution in [0.2, 0.25) is 0 Å². The van der Waals surface area contributed by atoms with E-state index in [0.29, 0.717) is 6.54 Å². The summed E-state index contributed by atoms with van der Waals surface area (Å²) in [6.07, 6.45) is 4.64. The summed E-state index contributed by atoms with van der Waals surface area (Å²) in [7, 11) is 0. The van der Waals surface area contributed by atoms with E-state index >= 15 is 0 Å². The van der Waals surface area contributed by atoms with Crippen LogP contribution in [0.1, 0.15) is 25.2 Å². The van der Waals surface area contributed by atoms with Crippen molar-refractivity contribution < 1.29 is 4.79 Å². The first kappa shape index (κ1) is 16.1. The average Bonchev–Trinajstić information content (AvgIpc) is 2.44. The molecule has 1 aromatic rings. The minimum Gasteiger partial charge on any atom is -0.356 e. The van der Waals surface area contributed by atoms with Gasteiger partial charge in [0.25, 0.3) is 0 Å². The molecule has 4 heteroatoms. The first-order valence-corrected chi connectivity index (χ1v) is 6.83. The Bertz CT molecular complexity index is 480. The lowest BCUT2D eigenvalue weighted by Gasteiger charge is -2.07. The lowest BCUT2D eigenvalue weighted by atomic mass is 10.2. The molecule has 0 aliphatic rings. The highest BCUT2D eigenvalue weighted by atomic mass is 16.1. The summed E-state index contributed by atoms with van der Waals surface area (Å²) >= 11 is 0. The van der Waals surface area contributed by atoms with Gasteiger partial charge in [0.15, 0.2) is 0 Å². The van der Waals surface area contributed by atoms with Crippen molar-refractivity contribution >= 4 is 5.91 Å². The topological polar surface area (TPSA) is 54.0 Å². The quantitative estimate of drug-likeness (QED) is 0.712. The molecule has 0 saturated heterocycles. The Hall–Kier alpha value is -1.94. The van der Waals surface area contributed by atoms with E-state index in [4.69, 9.17) is 0 Å². The molecule has 0 bridgehead atoms. The molecule has 0 atom stereocenters. The number of rotatable bonds is 8. The number of carbonyl (C=O) groups excluding carboxylic acids is 1. The molecule has 0 spiro atoms. The number of nitrogens with zero attached hydrogens (tertiary/aromatic N) is 1. The summed E-state index contributed by atoms with van der Waals surface area (Å²) in [5.74, 6) is -0.00821. The zero-order valence-electron chi connectivity index (χ0n) is 12.3. The van der Waals surface area contributed by atoms with Crippen molar-refractivity contribution in [1.29, 1.82) is 0 Å². The lowest BCUT2D eigenvalue weighted by molar-refractivity contribution is -0.118. The highest BCUT2D eigenvalue weighted by Gasteiger charge is 1.99. The van der Waals surface area contributed by atoms with Crippen molar-refractivity contribution in [1.82, 2.24) is 15.6 Å². The van der Waals surface area contributed by atoms with Gasteiger partial charge in [0.2, 0.25) is 5.91 Å². The molecule has 0 aliphatic carbocycles. The molecule has 1 amide bonds. The van der Waals surface area contributed by atoms with Gasteiger partial charge in [-0.3, -0.25) is 9.78 Å². The van der Waals surface area contributed by atoms with Crippen LogP contribution in [-0.4, -0.2) is 24.0 Å². The minimum absolute atomic E-state index is 0.00821. The van der Waals surface area contributed by atoms with Crippen LogP contribution in [-0.2, 0) is 17.8 Å². The molecule has 108 valence electrons. The number of pyridine rings is 1. The Morgan fingerprint density at radius 1 is 1.40 bits per heavy atom. The molecule has 2 N–H and O–H groups in total. The van der Waals surface area contributed by atoms with Crippen molar-refractivity contribution in [2.75, 3.05) is 13.1 Å². The standard InChI is InChI=1S/C16H23N3O/c1-4-14(5-2)11-17-12-16-8-6-7-15(19-16)9-10-18-13(3)20/h4-8,17H,1,9-12H2,2-3H3,(H,18,20). The van der Waals surface area contributed by atoms with Crippen LogP contribution in [0.3, 0.4) is 0 Å². The van der Waals surface area contributed by atoms with Gasteiger partial charge in [0.05, 0.1) is 5.69 Å². The number of hydrogen-bond acceptors (Lipinski definition) is 3. The fraction of sp³-hybridized carbons (Fsp3) is 0.375. The Morgan fingerprint density at radius 2 is 2.15 bits per heavy atom. The molecular formula is C16H23N3O. The number of hydrogen-bond donors (Lipinski definition) is 2. The molecule has 0 saturated carbocycles. The third kappa shape index (κ3) is 6.29. The number of amides is 1. The summed E-state index contributed by atoms with van der Waals surface area (Å²) in [4.78, 5) is 15.4. The van der Waals surface area contributed by atoms with Gasteiger partial charge in [-0.25, -0.2) is 0 Å². The maximum absolute atomic E-state index is 10.8. The van der Waals surface area contributed by atoms with Gasteiger partial charge in [-0.1, -0.05) is 24.8 Å². The van der Waals surface area contributed by atoms with E-state index in [0.717, 1.165) is 30.9 Å². The Kier molecular flexibility index (Phi) is 7.29. The molecule has 0 unspecified atom stereocenters. The smallest absolute Gasteiger partial charge is 0.216 e. The van der Waals surface area contributed by atoms with E-state index in [2.05, 4.69) is 22.2 Å². The van der Waals surface area contributed by atoms with E-state index in [1.165, 1.54) is 12.5 Å². The van der Waals surface area contributed by atoms with Crippen LogP contribution < -0.4 is 10.6 Å². The van der Waals surface area contributed by atoms with Crippen molar-refractivity contribution in [3.05, 3.63) is 53.9 Å². The molecule has 1 heterocycles. The average molecular weight is 273 g/mol. The molecule has 0 aliphatic heterocycles. The van der Waals surface area contributed by atoms with Gasteiger partial charge in [0, 0.05) is 38.7 Å².